The first-order chi connectivity index (χ1) is 3.33. The summed E-state index contributed by atoms with van der Waals surface area (Å²) < 4.78 is 0. The second kappa shape index (κ2) is 20.1. The Morgan fingerprint density at radius 3 is 1.29 bits per heavy atom. The molecule has 0 amide bonds. The van der Waals surface area contributed by atoms with Gasteiger partial charge in [0.15, 0.2) is 12.1 Å². The molecule has 0 aliphatic heterocycles. The molecule has 0 spiro atoms. The molecule has 0 aromatic heterocycles. The minimum absolute atomic E-state index is 1.24. The van der Waals surface area contributed by atoms with Gasteiger partial charge in [0.05, 0.1) is 0 Å². The fourth-order valence-electron chi connectivity index (χ4n) is 0. The van der Waals surface area contributed by atoms with Crippen LogP contribution >= 0.6 is 0 Å². The largest absolute Gasteiger partial charge is 0.181 e. The quantitative estimate of drug-likeness (QED) is 0.458. The number of nitrogens with zero attached hydrogens (tertiary/aromatic N) is 2. The molecular formula is C5H8N2. The van der Waals surface area contributed by atoms with Crippen LogP contribution in [-0.2, 0) is 0 Å². The Hall–Kier alpha value is -1.02. The van der Waals surface area contributed by atoms with Crippen LogP contribution in [0.15, 0.2) is 0 Å². The van der Waals surface area contributed by atoms with Crippen molar-refractivity contribution in [3.8, 4) is 12.1 Å². The normalized spacial score (nSPS) is 4.00. The monoisotopic (exact) mass is 96.1 g/mol. The predicted octanol–water partition coefficient (Wildman–Crippen LogP) is 1.45. The van der Waals surface area contributed by atoms with E-state index in [1.54, 1.807) is 0 Å². The molecule has 0 radical (unpaired) electrons. The molecule has 0 aliphatic carbocycles. The van der Waals surface area contributed by atoms with Crippen LogP contribution in [0.1, 0.15) is 20.3 Å². The summed E-state index contributed by atoms with van der Waals surface area (Å²) in [6.45, 7) is 4.25. The van der Waals surface area contributed by atoms with Crippen LogP contribution in [0.5, 0.6) is 0 Å². The highest BCUT2D eigenvalue weighted by atomic mass is 14.3. The lowest BCUT2D eigenvalue weighted by Gasteiger charge is -1.48. The molecular weight excluding hydrogens is 88.1 g/mol. The van der Waals surface area contributed by atoms with Crippen molar-refractivity contribution >= 4 is 0 Å². The number of hydrogen-bond acceptors (Lipinski definition) is 2. The highest BCUT2D eigenvalue weighted by Crippen LogP contribution is 1.56. The van der Waals surface area contributed by atoms with Crippen molar-refractivity contribution in [2.45, 2.75) is 20.3 Å². The summed E-state index contributed by atoms with van der Waals surface area (Å²) in [5.41, 5.74) is 0. The molecule has 0 rings (SSSR count). The van der Waals surface area contributed by atoms with Crippen molar-refractivity contribution < 1.29 is 0 Å². The second-order valence-electron chi connectivity index (χ2n) is 0.931. The molecule has 2 heteroatoms. The molecule has 7 heavy (non-hydrogen) atoms. The first kappa shape index (κ1) is 9.36. The van der Waals surface area contributed by atoms with Crippen molar-refractivity contribution in [3.05, 3.63) is 0 Å². The van der Waals surface area contributed by atoms with Crippen LogP contribution < -0.4 is 0 Å². The summed E-state index contributed by atoms with van der Waals surface area (Å²) in [6, 6.07) is 2.47. The van der Waals surface area contributed by atoms with Crippen LogP contribution in [-0.4, -0.2) is 0 Å². The molecule has 0 N–H and O–H groups in total. The van der Waals surface area contributed by atoms with Gasteiger partial charge in [-0.3, -0.25) is 0 Å². The molecule has 0 aromatic carbocycles. The van der Waals surface area contributed by atoms with Gasteiger partial charge in [0.25, 0.3) is 0 Å². The van der Waals surface area contributed by atoms with Gasteiger partial charge in [0.2, 0.25) is 0 Å². The fourth-order valence-corrected chi connectivity index (χ4v) is 0. The van der Waals surface area contributed by atoms with Crippen molar-refractivity contribution in [2.75, 3.05) is 0 Å². The molecule has 2 nitrogen and oxygen atoms in total. The van der Waals surface area contributed by atoms with Crippen LogP contribution in [0.25, 0.3) is 0 Å². The minimum Gasteiger partial charge on any atom is -0.181 e. The number of rotatable bonds is 0. The SMILES string of the molecule is CCC.N#CC#N. The lowest BCUT2D eigenvalue weighted by atomic mass is 10.6. The molecule has 0 aliphatic rings. The maximum absolute atomic E-state index is 7.26. The Labute approximate surface area is 44.0 Å². The molecule has 0 saturated carbocycles. The van der Waals surface area contributed by atoms with E-state index in [9.17, 15) is 0 Å². The van der Waals surface area contributed by atoms with E-state index in [1.165, 1.54) is 18.6 Å². The first-order valence-corrected chi connectivity index (χ1v) is 2.11. The zero-order valence-electron chi connectivity index (χ0n) is 4.60. The van der Waals surface area contributed by atoms with Crippen molar-refractivity contribution in [3.63, 3.8) is 0 Å². The Kier molecular flexibility index (Phi) is 26.9. The summed E-state index contributed by atoms with van der Waals surface area (Å²) in [7, 11) is 0. The average Bonchev–Trinajstić information content (AvgIpc) is 1.69. The van der Waals surface area contributed by atoms with E-state index in [0.717, 1.165) is 0 Å². The standard InChI is InChI=1S/C3H8.C2N2/c1-3-2;3-1-2-4/h3H2,1-2H3;. The van der Waals surface area contributed by atoms with E-state index in [2.05, 4.69) is 13.8 Å². The van der Waals surface area contributed by atoms with Gasteiger partial charge in [0, 0.05) is 0 Å². The number of hydrogen-bond donors (Lipinski definition) is 0. The zero-order chi connectivity index (χ0) is 6.12. The third-order valence-corrected chi connectivity index (χ3v) is 0.0500. The maximum atomic E-state index is 7.26. The van der Waals surface area contributed by atoms with E-state index in [0.29, 0.717) is 0 Å². The van der Waals surface area contributed by atoms with Gasteiger partial charge in [0.1, 0.15) is 0 Å². The van der Waals surface area contributed by atoms with Gasteiger partial charge in [-0.15, -0.1) is 0 Å². The first-order valence-electron chi connectivity index (χ1n) is 2.11. The highest BCUT2D eigenvalue weighted by Gasteiger charge is 1.39. The molecule has 0 atom stereocenters. The van der Waals surface area contributed by atoms with Gasteiger partial charge < -0.3 is 0 Å². The molecule has 0 saturated heterocycles. The fraction of sp³-hybridized carbons (Fsp3) is 0.600. The van der Waals surface area contributed by atoms with Gasteiger partial charge in [-0.1, -0.05) is 20.3 Å². The van der Waals surface area contributed by atoms with Crippen molar-refractivity contribution in [1.29, 1.82) is 10.5 Å². The van der Waals surface area contributed by atoms with E-state index >= 15 is 0 Å². The maximum Gasteiger partial charge on any atom is 0.181 e. The van der Waals surface area contributed by atoms with Crippen LogP contribution in [0.2, 0.25) is 0 Å². The van der Waals surface area contributed by atoms with E-state index in [1.807, 2.05) is 0 Å². The third kappa shape index (κ3) is 111000. The number of nitriles is 2. The Bertz CT molecular complexity index is 71.2. The van der Waals surface area contributed by atoms with Crippen molar-refractivity contribution in [2.24, 2.45) is 0 Å². The van der Waals surface area contributed by atoms with Gasteiger partial charge in [-0.2, -0.15) is 10.5 Å². The summed E-state index contributed by atoms with van der Waals surface area (Å²) in [4.78, 5) is 0. The van der Waals surface area contributed by atoms with Gasteiger partial charge >= 0.3 is 0 Å². The lowest BCUT2D eigenvalue weighted by molar-refractivity contribution is 1.09. The molecule has 0 fully saturated rings. The zero-order valence-corrected chi connectivity index (χ0v) is 4.60. The Morgan fingerprint density at radius 1 is 1.14 bits per heavy atom. The molecule has 0 heterocycles. The summed E-state index contributed by atoms with van der Waals surface area (Å²) in [5.74, 6) is 0. The van der Waals surface area contributed by atoms with Crippen LogP contribution in [0.3, 0.4) is 0 Å². The van der Waals surface area contributed by atoms with Crippen LogP contribution in [0.4, 0.5) is 0 Å². The molecule has 0 bridgehead atoms. The van der Waals surface area contributed by atoms with E-state index in [4.69, 9.17) is 10.5 Å². The Morgan fingerprint density at radius 2 is 1.29 bits per heavy atom. The topological polar surface area (TPSA) is 47.6 Å². The second-order valence-corrected chi connectivity index (χ2v) is 0.931. The molecule has 0 aromatic rings. The smallest absolute Gasteiger partial charge is 0.181 e. The highest BCUT2D eigenvalue weighted by molar-refractivity contribution is 4.99. The summed E-state index contributed by atoms with van der Waals surface area (Å²) >= 11 is 0. The van der Waals surface area contributed by atoms with Gasteiger partial charge in [-0.05, 0) is 0 Å². The van der Waals surface area contributed by atoms with E-state index < -0.39 is 0 Å². The molecule has 0 unspecified atom stereocenters. The summed E-state index contributed by atoms with van der Waals surface area (Å²) in [5, 5.41) is 14.5. The van der Waals surface area contributed by atoms with Gasteiger partial charge in [-0.25, -0.2) is 0 Å². The minimum atomic E-state index is 1.24. The Balaban J connectivity index is 0. The van der Waals surface area contributed by atoms with Crippen LogP contribution in [0, 0.1) is 22.7 Å². The lowest BCUT2D eigenvalue weighted by Crippen LogP contribution is -1.27. The third-order valence-electron chi connectivity index (χ3n) is 0.0500. The average molecular weight is 96.1 g/mol. The molecule has 38 valence electrons. The van der Waals surface area contributed by atoms with E-state index in [-0.39, 0.29) is 0 Å². The predicted molar refractivity (Wildman–Crippen MR) is 27.2 cm³/mol. The summed E-state index contributed by atoms with van der Waals surface area (Å²) in [6.07, 6.45) is 1.25. The van der Waals surface area contributed by atoms with Crippen molar-refractivity contribution in [1.82, 2.24) is 0 Å².